The third-order valence-electron chi connectivity index (χ3n) is 4.25. The molecule has 1 fully saturated rings. The largest absolute Gasteiger partial charge is 0.491 e. The number of hydrogen-bond acceptors (Lipinski definition) is 6. The van der Waals surface area contributed by atoms with E-state index in [9.17, 15) is 4.79 Å². The minimum atomic E-state index is -0.104. The number of thioether (sulfide) groups is 1. The van der Waals surface area contributed by atoms with Gasteiger partial charge in [0.15, 0.2) is 0 Å². The van der Waals surface area contributed by atoms with Crippen molar-refractivity contribution in [3.63, 3.8) is 0 Å². The lowest BCUT2D eigenvalue weighted by atomic mass is 10.2. The Kier molecular flexibility index (Phi) is 8.32. The minimum Gasteiger partial charge on any atom is -0.491 e. The van der Waals surface area contributed by atoms with Gasteiger partial charge in [0, 0.05) is 17.1 Å². The summed E-state index contributed by atoms with van der Waals surface area (Å²) in [6.45, 7) is 3.82. The molecule has 2 aromatic carbocycles. The fraction of sp³-hybridized carbons (Fsp3) is 0.273. The lowest BCUT2D eigenvalue weighted by molar-refractivity contribution is -0.121. The van der Waals surface area contributed by atoms with Gasteiger partial charge in [-0.15, -0.1) is 0 Å². The van der Waals surface area contributed by atoms with Crippen LogP contribution in [0, 0.1) is 6.92 Å². The highest BCUT2D eigenvalue weighted by Crippen LogP contribution is 2.34. The second-order valence-corrected chi connectivity index (χ2v) is 9.14. The Morgan fingerprint density at radius 1 is 1.07 bits per heavy atom. The molecular formula is C22H22BrNO4S2. The van der Waals surface area contributed by atoms with E-state index in [4.69, 9.17) is 26.4 Å². The standard InChI is InChI=1S/C22H22BrNO4S2/c1-15-3-6-18(7-4-15)27-11-9-26-10-12-28-19-8-5-17(23)13-16(19)14-20-21(25)24(2)22(29)30-20/h3-8,13-14H,9-12H2,1-2H3. The highest BCUT2D eigenvalue weighted by Gasteiger charge is 2.28. The molecule has 0 unspecified atom stereocenters. The molecule has 0 radical (unpaired) electrons. The number of halogens is 1. The van der Waals surface area contributed by atoms with Crippen LogP contribution < -0.4 is 9.47 Å². The third kappa shape index (κ3) is 6.31. The van der Waals surface area contributed by atoms with Gasteiger partial charge in [-0.2, -0.15) is 0 Å². The van der Waals surface area contributed by atoms with Crippen molar-refractivity contribution in [2.45, 2.75) is 6.92 Å². The number of rotatable bonds is 9. The Hall–Kier alpha value is -1.87. The van der Waals surface area contributed by atoms with Gasteiger partial charge in [-0.05, 0) is 43.3 Å². The van der Waals surface area contributed by atoms with Crippen molar-refractivity contribution in [1.29, 1.82) is 0 Å². The molecule has 1 amide bonds. The second kappa shape index (κ2) is 10.9. The first-order chi connectivity index (χ1) is 14.4. The summed E-state index contributed by atoms with van der Waals surface area (Å²) in [5.41, 5.74) is 2.00. The third-order valence-corrected chi connectivity index (χ3v) is 6.23. The van der Waals surface area contributed by atoms with Crippen LogP contribution in [0.5, 0.6) is 11.5 Å². The fourth-order valence-corrected chi connectivity index (χ4v) is 4.17. The van der Waals surface area contributed by atoms with Crippen LogP contribution in [0.3, 0.4) is 0 Å². The summed E-state index contributed by atoms with van der Waals surface area (Å²) in [6, 6.07) is 13.6. The van der Waals surface area contributed by atoms with E-state index < -0.39 is 0 Å². The number of carbonyl (C=O) groups excluding carboxylic acids is 1. The molecule has 1 heterocycles. The lowest BCUT2D eigenvalue weighted by Gasteiger charge is -2.11. The molecule has 0 bridgehead atoms. The van der Waals surface area contributed by atoms with Crippen molar-refractivity contribution in [3.05, 3.63) is 63.0 Å². The zero-order chi connectivity index (χ0) is 21.5. The molecule has 0 N–H and O–H groups in total. The van der Waals surface area contributed by atoms with Crippen LogP contribution in [0.15, 0.2) is 51.8 Å². The zero-order valence-electron chi connectivity index (χ0n) is 16.7. The SMILES string of the molecule is Cc1ccc(OCCOCCOc2ccc(Br)cc2C=C2SC(=S)N(C)C2=O)cc1. The van der Waals surface area contributed by atoms with Gasteiger partial charge < -0.3 is 14.2 Å². The Labute approximate surface area is 194 Å². The predicted octanol–water partition coefficient (Wildman–Crippen LogP) is 5.06. The molecular weight excluding hydrogens is 486 g/mol. The van der Waals surface area contributed by atoms with Gasteiger partial charge in [-0.1, -0.05) is 57.6 Å². The van der Waals surface area contributed by atoms with E-state index in [0.29, 0.717) is 41.4 Å². The van der Waals surface area contributed by atoms with Gasteiger partial charge in [-0.3, -0.25) is 9.69 Å². The van der Waals surface area contributed by atoms with Crippen LogP contribution in [-0.4, -0.2) is 48.6 Å². The number of benzene rings is 2. The van der Waals surface area contributed by atoms with Crippen molar-refractivity contribution in [2.24, 2.45) is 0 Å². The smallest absolute Gasteiger partial charge is 0.265 e. The summed E-state index contributed by atoms with van der Waals surface area (Å²) in [5, 5.41) is 0. The molecule has 5 nitrogen and oxygen atoms in total. The first-order valence-electron chi connectivity index (χ1n) is 9.35. The average molecular weight is 508 g/mol. The Morgan fingerprint density at radius 3 is 2.43 bits per heavy atom. The van der Waals surface area contributed by atoms with Gasteiger partial charge in [0.05, 0.1) is 18.1 Å². The van der Waals surface area contributed by atoms with Crippen LogP contribution in [-0.2, 0) is 9.53 Å². The van der Waals surface area contributed by atoms with Crippen molar-refractivity contribution in [3.8, 4) is 11.5 Å². The highest BCUT2D eigenvalue weighted by molar-refractivity contribution is 9.10. The molecule has 3 rings (SSSR count). The van der Waals surface area contributed by atoms with E-state index in [0.717, 1.165) is 15.8 Å². The maximum absolute atomic E-state index is 12.3. The summed E-state index contributed by atoms with van der Waals surface area (Å²) >= 11 is 9.94. The molecule has 1 aliphatic rings. The quantitative estimate of drug-likeness (QED) is 0.268. The summed E-state index contributed by atoms with van der Waals surface area (Å²) in [4.78, 5) is 14.3. The number of ether oxygens (including phenoxy) is 3. The van der Waals surface area contributed by atoms with Crippen molar-refractivity contribution in [2.75, 3.05) is 33.5 Å². The van der Waals surface area contributed by atoms with Crippen LogP contribution in [0.2, 0.25) is 0 Å². The predicted molar refractivity (Wildman–Crippen MR) is 128 cm³/mol. The maximum Gasteiger partial charge on any atom is 0.265 e. The van der Waals surface area contributed by atoms with Crippen LogP contribution >= 0.6 is 39.9 Å². The fourth-order valence-electron chi connectivity index (χ4n) is 2.62. The van der Waals surface area contributed by atoms with E-state index in [1.807, 2.05) is 49.4 Å². The van der Waals surface area contributed by atoms with E-state index in [-0.39, 0.29) is 5.91 Å². The molecule has 1 aliphatic heterocycles. The first kappa shape index (κ1) is 22.8. The lowest BCUT2D eigenvalue weighted by Crippen LogP contribution is -2.22. The topological polar surface area (TPSA) is 48.0 Å². The van der Waals surface area contributed by atoms with Gasteiger partial charge in [0.2, 0.25) is 0 Å². The summed E-state index contributed by atoms with van der Waals surface area (Å²) in [6.07, 6.45) is 1.80. The molecule has 0 spiro atoms. The Balaban J connectivity index is 1.47. The van der Waals surface area contributed by atoms with E-state index >= 15 is 0 Å². The summed E-state index contributed by atoms with van der Waals surface area (Å²) in [7, 11) is 1.68. The number of amides is 1. The number of nitrogens with zero attached hydrogens (tertiary/aromatic N) is 1. The van der Waals surface area contributed by atoms with Crippen LogP contribution in [0.4, 0.5) is 0 Å². The summed E-state index contributed by atoms with van der Waals surface area (Å²) < 4.78 is 18.5. The van der Waals surface area contributed by atoms with Crippen LogP contribution in [0.25, 0.3) is 6.08 Å². The van der Waals surface area contributed by atoms with Crippen LogP contribution in [0.1, 0.15) is 11.1 Å². The minimum absolute atomic E-state index is 0.104. The van der Waals surface area contributed by atoms with Gasteiger partial charge in [-0.25, -0.2) is 0 Å². The molecule has 0 aliphatic carbocycles. The molecule has 0 saturated carbocycles. The zero-order valence-corrected chi connectivity index (χ0v) is 19.9. The number of likely N-dealkylation sites (N-methyl/N-ethyl adjacent to an activating group) is 1. The van der Waals surface area contributed by atoms with E-state index in [1.54, 1.807) is 13.1 Å². The monoisotopic (exact) mass is 507 g/mol. The number of aryl methyl sites for hydroxylation is 1. The first-order valence-corrected chi connectivity index (χ1v) is 11.4. The molecule has 158 valence electrons. The molecule has 1 saturated heterocycles. The molecule has 2 aromatic rings. The number of hydrogen-bond donors (Lipinski definition) is 0. The van der Waals surface area contributed by atoms with Crippen molar-refractivity contribution >= 4 is 56.2 Å². The molecule has 8 heteroatoms. The molecule has 30 heavy (non-hydrogen) atoms. The van der Waals surface area contributed by atoms with Gasteiger partial charge >= 0.3 is 0 Å². The van der Waals surface area contributed by atoms with Gasteiger partial charge in [0.25, 0.3) is 5.91 Å². The second-order valence-electron chi connectivity index (χ2n) is 6.55. The van der Waals surface area contributed by atoms with Crippen molar-refractivity contribution < 1.29 is 19.0 Å². The Bertz CT molecular complexity index is 947. The number of thiocarbonyl (C=S) groups is 1. The maximum atomic E-state index is 12.3. The highest BCUT2D eigenvalue weighted by atomic mass is 79.9. The van der Waals surface area contributed by atoms with E-state index in [2.05, 4.69) is 15.9 Å². The van der Waals surface area contributed by atoms with Crippen molar-refractivity contribution in [1.82, 2.24) is 4.90 Å². The normalized spacial score (nSPS) is 15.2. The molecule has 0 atom stereocenters. The average Bonchev–Trinajstić information content (AvgIpc) is 2.96. The molecule has 0 aromatic heterocycles. The van der Waals surface area contributed by atoms with Gasteiger partial charge in [0.1, 0.15) is 29.0 Å². The number of carbonyl (C=O) groups is 1. The Morgan fingerprint density at radius 2 is 1.77 bits per heavy atom. The summed E-state index contributed by atoms with van der Waals surface area (Å²) in [5.74, 6) is 1.41. The van der Waals surface area contributed by atoms with E-state index in [1.165, 1.54) is 22.2 Å².